The van der Waals surface area contributed by atoms with E-state index in [1.807, 2.05) is 0 Å². The van der Waals surface area contributed by atoms with E-state index >= 15 is 0 Å². The zero-order valence-corrected chi connectivity index (χ0v) is 5.90. The Bertz CT molecular complexity index is 58.7. The van der Waals surface area contributed by atoms with Gasteiger partial charge in [0, 0.05) is 13.2 Å². The van der Waals surface area contributed by atoms with E-state index in [0.29, 0.717) is 4.95 Å². The normalized spacial score (nSPS) is 34.3. The quantitative estimate of drug-likeness (QED) is 0.407. The third kappa shape index (κ3) is 1.40. The maximum atomic E-state index is 3.43. The van der Waals surface area contributed by atoms with Crippen LogP contribution in [0.5, 0.6) is 0 Å². The summed E-state index contributed by atoms with van der Waals surface area (Å²) in [5.41, 5.74) is 0. The molecule has 7 heavy (non-hydrogen) atoms. The van der Waals surface area contributed by atoms with Crippen LogP contribution in [0.2, 0.25) is 0 Å². The number of halogens is 1. The van der Waals surface area contributed by atoms with Gasteiger partial charge < -0.3 is 0 Å². The molecule has 1 N–H and O–H groups in total. The van der Waals surface area contributed by atoms with Crippen LogP contribution in [0.15, 0.2) is 0 Å². The first kappa shape index (κ1) is 5.54. The summed E-state index contributed by atoms with van der Waals surface area (Å²) in [5, 5.41) is 3.21. The van der Waals surface area contributed by atoms with Crippen LogP contribution < -0.4 is 5.32 Å². The summed E-state index contributed by atoms with van der Waals surface area (Å²) in [6, 6.07) is 0. The van der Waals surface area contributed by atoms with Crippen LogP contribution in [-0.2, 0) is 0 Å². The van der Waals surface area contributed by atoms with E-state index in [1.54, 1.807) is 0 Å². The van der Waals surface area contributed by atoms with Gasteiger partial charge in [-0.1, -0.05) is 15.9 Å². The van der Waals surface area contributed by atoms with Crippen molar-refractivity contribution in [3.63, 3.8) is 0 Å². The average Bonchev–Trinajstić information content (AvgIpc) is 1.87. The minimum atomic E-state index is 0.512. The van der Waals surface area contributed by atoms with Gasteiger partial charge in [0.1, 0.15) is 0 Å². The van der Waals surface area contributed by atoms with Gasteiger partial charge in [0.15, 0.2) is 0 Å². The largest absolute Gasteiger partial charge is 0.291 e. The highest BCUT2D eigenvalue weighted by Crippen LogP contribution is 2.02. The van der Waals surface area contributed by atoms with Crippen LogP contribution in [0.3, 0.4) is 0 Å². The molecule has 0 aliphatic carbocycles. The highest BCUT2D eigenvalue weighted by Gasteiger charge is 2.13. The van der Waals surface area contributed by atoms with Crippen molar-refractivity contribution in [3.05, 3.63) is 0 Å². The first-order valence-electron chi connectivity index (χ1n) is 2.35. The van der Waals surface area contributed by atoms with E-state index in [1.165, 1.54) is 0 Å². The summed E-state index contributed by atoms with van der Waals surface area (Å²) >= 11 is 3.43. The molecule has 1 saturated heterocycles. The van der Waals surface area contributed by atoms with E-state index in [4.69, 9.17) is 0 Å². The molecule has 3 heteroatoms. The molecule has 0 amide bonds. The molecular weight excluding hydrogens is 156 g/mol. The van der Waals surface area contributed by atoms with Crippen LogP contribution >= 0.6 is 15.9 Å². The van der Waals surface area contributed by atoms with Crippen LogP contribution in [0.25, 0.3) is 0 Å². The molecule has 2 nitrogen and oxygen atoms in total. The number of alkyl halides is 1. The molecule has 0 saturated carbocycles. The second-order valence-corrected chi connectivity index (χ2v) is 2.97. The molecule has 1 atom stereocenters. The van der Waals surface area contributed by atoms with E-state index in [9.17, 15) is 0 Å². The topological polar surface area (TPSA) is 15.3 Å². The lowest BCUT2D eigenvalue weighted by Crippen LogP contribution is -2.16. The van der Waals surface area contributed by atoms with Gasteiger partial charge in [0.05, 0.1) is 4.95 Å². The van der Waals surface area contributed by atoms with Gasteiger partial charge in [-0.15, -0.1) is 0 Å². The molecule has 0 aromatic rings. The lowest BCUT2D eigenvalue weighted by molar-refractivity contribution is 0.411. The Kier molecular flexibility index (Phi) is 1.67. The van der Waals surface area contributed by atoms with Crippen LogP contribution in [0.1, 0.15) is 0 Å². The zero-order valence-electron chi connectivity index (χ0n) is 4.32. The number of nitrogens with zero attached hydrogens (tertiary/aromatic N) is 1. The maximum Gasteiger partial charge on any atom is 0.0769 e. The molecule has 1 rings (SSSR count). The molecule has 0 radical (unpaired) electrons. The van der Waals surface area contributed by atoms with Crippen molar-refractivity contribution in [2.45, 2.75) is 4.95 Å². The van der Waals surface area contributed by atoms with Gasteiger partial charge in [0.2, 0.25) is 0 Å². The Hall–Kier alpha value is 0.400. The van der Waals surface area contributed by atoms with Crippen molar-refractivity contribution in [2.75, 3.05) is 20.3 Å². The molecule has 1 fully saturated rings. The highest BCUT2D eigenvalue weighted by atomic mass is 79.9. The van der Waals surface area contributed by atoms with Crippen LogP contribution in [0, 0.1) is 0 Å². The Morgan fingerprint density at radius 3 is 2.71 bits per heavy atom. The van der Waals surface area contributed by atoms with Gasteiger partial charge >= 0.3 is 0 Å². The van der Waals surface area contributed by atoms with Crippen LogP contribution in [0.4, 0.5) is 0 Å². The van der Waals surface area contributed by atoms with Crippen LogP contribution in [-0.4, -0.2) is 30.1 Å². The Labute approximate surface area is 52.0 Å². The number of hydrogen-bond donors (Lipinski definition) is 1. The van der Waals surface area contributed by atoms with Crippen molar-refractivity contribution in [3.8, 4) is 0 Å². The molecule has 42 valence electrons. The lowest BCUT2D eigenvalue weighted by atomic mass is 10.7. The number of likely N-dealkylation sites (N-methyl/N-ethyl adjacent to an activating group) is 1. The number of nitrogens with one attached hydrogen (secondary N) is 1. The number of hydrogen-bond acceptors (Lipinski definition) is 2. The van der Waals surface area contributed by atoms with E-state index in [-0.39, 0.29) is 0 Å². The predicted molar refractivity (Wildman–Crippen MR) is 33.3 cm³/mol. The lowest BCUT2D eigenvalue weighted by Gasteiger charge is -2.00. The standard InChI is InChI=1S/C4H9BrN2/c1-7-2-4(5)6-3-7/h4,6H,2-3H2,1H3. The average molecular weight is 165 g/mol. The maximum absolute atomic E-state index is 3.43. The third-order valence-corrected chi connectivity index (χ3v) is 1.67. The molecule has 1 aliphatic rings. The summed E-state index contributed by atoms with van der Waals surface area (Å²) in [7, 11) is 2.09. The van der Waals surface area contributed by atoms with Crippen molar-refractivity contribution in [1.29, 1.82) is 0 Å². The smallest absolute Gasteiger partial charge is 0.0769 e. The van der Waals surface area contributed by atoms with Crippen molar-refractivity contribution < 1.29 is 0 Å². The minimum Gasteiger partial charge on any atom is -0.291 e. The fourth-order valence-electron chi connectivity index (χ4n) is 0.658. The van der Waals surface area contributed by atoms with Gasteiger partial charge in [-0.2, -0.15) is 0 Å². The Balaban J connectivity index is 2.26. The minimum absolute atomic E-state index is 0.512. The molecule has 0 aromatic heterocycles. The second-order valence-electron chi connectivity index (χ2n) is 1.87. The summed E-state index contributed by atoms with van der Waals surface area (Å²) in [4.78, 5) is 2.73. The SMILES string of the molecule is CN1CNC(Br)C1. The van der Waals surface area contributed by atoms with E-state index < -0.39 is 0 Å². The zero-order chi connectivity index (χ0) is 5.28. The second kappa shape index (κ2) is 2.11. The first-order valence-corrected chi connectivity index (χ1v) is 3.26. The summed E-state index contributed by atoms with van der Waals surface area (Å²) in [6.07, 6.45) is 0. The first-order chi connectivity index (χ1) is 3.29. The third-order valence-electron chi connectivity index (χ3n) is 1.05. The van der Waals surface area contributed by atoms with Crippen molar-refractivity contribution in [1.82, 2.24) is 10.2 Å². The van der Waals surface area contributed by atoms with Crippen molar-refractivity contribution >= 4 is 15.9 Å². The van der Waals surface area contributed by atoms with Gasteiger partial charge in [-0.25, -0.2) is 0 Å². The fraction of sp³-hybridized carbons (Fsp3) is 1.00. The molecule has 1 aliphatic heterocycles. The van der Waals surface area contributed by atoms with Crippen molar-refractivity contribution in [2.24, 2.45) is 0 Å². The van der Waals surface area contributed by atoms with E-state index in [0.717, 1.165) is 13.2 Å². The summed E-state index contributed by atoms with van der Waals surface area (Å²) in [5.74, 6) is 0. The molecular formula is C4H9BrN2. The number of rotatable bonds is 0. The highest BCUT2D eigenvalue weighted by molar-refractivity contribution is 9.09. The van der Waals surface area contributed by atoms with E-state index in [2.05, 4.69) is 33.2 Å². The fourth-order valence-corrected chi connectivity index (χ4v) is 1.30. The predicted octanol–water partition coefficient (Wildman–Crippen LogP) is 0.200. The van der Waals surface area contributed by atoms with Gasteiger partial charge in [-0.05, 0) is 7.05 Å². The Morgan fingerprint density at radius 1 is 1.86 bits per heavy atom. The van der Waals surface area contributed by atoms with Gasteiger partial charge in [-0.3, -0.25) is 10.2 Å². The molecule has 0 bridgehead atoms. The molecule has 1 unspecified atom stereocenters. The van der Waals surface area contributed by atoms with Gasteiger partial charge in [0.25, 0.3) is 0 Å². The monoisotopic (exact) mass is 164 g/mol. The molecule has 1 heterocycles. The summed E-state index contributed by atoms with van der Waals surface area (Å²) in [6.45, 7) is 2.12. The Morgan fingerprint density at radius 2 is 2.57 bits per heavy atom. The summed E-state index contributed by atoms with van der Waals surface area (Å²) < 4.78 is 0. The molecule has 0 aromatic carbocycles. The molecule has 0 spiro atoms.